The van der Waals surface area contributed by atoms with Crippen molar-refractivity contribution in [3.8, 4) is 5.75 Å². The van der Waals surface area contributed by atoms with Crippen LogP contribution in [0.15, 0.2) is 42.5 Å². The normalized spacial score (nSPS) is 16.7. The maximum Gasteiger partial charge on any atom is 0.366 e. The molecule has 2 heterocycles. The van der Waals surface area contributed by atoms with Crippen molar-refractivity contribution in [3.05, 3.63) is 58.1 Å². The number of carbonyl (C=O) groups is 2. The van der Waals surface area contributed by atoms with Gasteiger partial charge < -0.3 is 20.2 Å². The number of nitrogens with zero attached hydrogens (tertiary/aromatic N) is 3. The van der Waals surface area contributed by atoms with Crippen molar-refractivity contribution in [1.29, 1.82) is 0 Å². The first-order chi connectivity index (χ1) is 13.4. The number of benzene rings is 1. The molecule has 0 saturated carbocycles. The molecule has 0 radical (unpaired) electrons. The first kappa shape index (κ1) is 19.3. The molecule has 2 atom stereocenters. The summed E-state index contributed by atoms with van der Waals surface area (Å²) in [7, 11) is 0. The average Bonchev–Trinajstić information content (AvgIpc) is 2.70. The lowest BCUT2D eigenvalue weighted by Gasteiger charge is -2.30. The third-order valence-corrected chi connectivity index (χ3v) is 4.43. The summed E-state index contributed by atoms with van der Waals surface area (Å²) < 4.78 is 5.58. The Morgan fingerprint density at radius 3 is 2.68 bits per heavy atom. The topological polar surface area (TPSA) is 115 Å². The van der Waals surface area contributed by atoms with Gasteiger partial charge in [0.25, 0.3) is 11.7 Å². The van der Waals surface area contributed by atoms with Gasteiger partial charge in [-0.25, -0.2) is 0 Å². The molecule has 0 aliphatic carbocycles. The zero-order valence-electron chi connectivity index (χ0n) is 15.5. The van der Waals surface area contributed by atoms with Gasteiger partial charge in [0.2, 0.25) is 5.91 Å². The van der Waals surface area contributed by atoms with E-state index >= 15 is 0 Å². The fourth-order valence-corrected chi connectivity index (χ4v) is 2.96. The summed E-state index contributed by atoms with van der Waals surface area (Å²) in [4.78, 5) is 40.7. The van der Waals surface area contributed by atoms with Crippen molar-refractivity contribution < 1.29 is 19.2 Å². The highest BCUT2D eigenvalue weighted by molar-refractivity contribution is 6.03. The second-order valence-electron chi connectivity index (χ2n) is 6.39. The largest absolute Gasteiger partial charge is 0.474 e. The van der Waals surface area contributed by atoms with Crippen LogP contribution in [0.3, 0.4) is 0 Å². The Bertz CT molecular complexity index is 902. The minimum absolute atomic E-state index is 0.0218. The molecule has 1 aliphatic rings. The molecule has 28 heavy (non-hydrogen) atoms. The van der Waals surface area contributed by atoms with E-state index < -0.39 is 28.7 Å². The Kier molecular flexibility index (Phi) is 5.53. The van der Waals surface area contributed by atoms with Crippen LogP contribution in [0.1, 0.15) is 31.9 Å². The number of ether oxygens (including phenoxy) is 1. The molecule has 2 amide bonds. The van der Waals surface area contributed by atoms with Gasteiger partial charge in [-0.15, -0.1) is 0 Å². The molecule has 0 saturated heterocycles. The van der Waals surface area contributed by atoms with Crippen LogP contribution in [0.25, 0.3) is 0 Å². The molecule has 1 aromatic heterocycles. The van der Waals surface area contributed by atoms with Crippen LogP contribution in [0, 0.1) is 10.1 Å². The summed E-state index contributed by atoms with van der Waals surface area (Å²) in [6.45, 7) is 3.30. The van der Waals surface area contributed by atoms with Gasteiger partial charge in [-0.1, -0.05) is 37.3 Å². The molecule has 9 heteroatoms. The Hall–Kier alpha value is -3.49. The van der Waals surface area contributed by atoms with Gasteiger partial charge in [0.05, 0.1) is 6.04 Å². The summed E-state index contributed by atoms with van der Waals surface area (Å²) in [5.41, 5.74) is 0.921. The van der Waals surface area contributed by atoms with Gasteiger partial charge in [0.1, 0.15) is 6.54 Å². The first-order valence-electron chi connectivity index (χ1n) is 8.88. The molecule has 0 bridgehead atoms. The van der Waals surface area contributed by atoms with Gasteiger partial charge in [-0.05, 0) is 34.9 Å². The quantitative estimate of drug-likeness (QED) is 0.604. The van der Waals surface area contributed by atoms with E-state index in [0.29, 0.717) is 6.42 Å². The minimum atomic E-state index is -0.768. The van der Waals surface area contributed by atoms with E-state index in [1.807, 2.05) is 37.3 Å². The highest BCUT2D eigenvalue weighted by Crippen LogP contribution is 2.34. The van der Waals surface area contributed by atoms with E-state index in [2.05, 4.69) is 10.3 Å². The van der Waals surface area contributed by atoms with E-state index in [-0.39, 0.29) is 24.2 Å². The van der Waals surface area contributed by atoms with E-state index in [9.17, 15) is 19.7 Å². The monoisotopic (exact) mass is 384 g/mol. The van der Waals surface area contributed by atoms with E-state index in [4.69, 9.17) is 4.74 Å². The summed E-state index contributed by atoms with van der Waals surface area (Å²) in [6.07, 6.45) is -0.372. The molecular formula is C19H20N4O5. The second kappa shape index (κ2) is 8.03. The molecule has 1 aliphatic heterocycles. The zero-order valence-corrected chi connectivity index (χ0v) is 15.5. The van der Waals surface area contributed by atoms with Gasteiger partial charge in [-0.3, -0.25) is 14.5 Å². The van der Waals surface area contributed by atoms with Crippen LogP contribution in [0.4, 0.5) is 11.6 Å². The maximum atomic E-state index is 12.7. The highest BCUT2D eigenvalue weighted by atomic mass is 16.6. The Balaban J connectivity index is 1.83. The predicted octanol–water partition coefficient (Wildman–Crippen LogP) is 2.37. The summed E-state index contributed by atoms with van der Waals surface area (Å²) >= 11 is 0. The first-order valence-corrected chi connectivity index (χ1v) is 8.88. The lowest BCUT2D eigenvalue weighted by Crippen LogP contribution is -2.50. The lowest BCUT2D eigenvalue weighted by molar-refractivity contribution is -0.389. The van der Waals surface area contributed by atoms with Crippen molar-refractivity contribution in [1.82, 2.24) is 10.3 Å². The second-order valence-corrected chi connectivity index (χ2v) is 6.39. The summed E-state index contributed by atoms with van der Waals surface area (Å²) in [6, 6.07) is 11.7. The molecular weight excluding hydrogens is 364 g/mol. The number of fused-ring (bicyclic) bond motifs is 1. The number of carbonyl (C=O) groups excluding carboxylic acids is 2. The third kappa shape index (κ3) is 3.93. The highest BCUT2D eigenvalue weighted by Gasteiger charge is 2.39. The Morgan fingerprint density at radius 1 is 1.32 bits per heavy atom. The number of hydrogen-bond donors (Lipinski definition) is 1. The van der Waals surface area contributed by atoms with Crippen molar-refractivity contribution in [2.45, 2.75) is 32.4 Å². The molecule has 2 aromatic rings. The summed E-state index contributed by atoms with van der Waals surface area (Å²) in [5.74, 6) is -1.06. The smallest absolute Gasteiger partial charge is 0.366 e. The van der Waals surface area contributed by atoms with Gasteiger partial charge in [0.15, 0.2) is 11.9 Å². The number of hydrogen-bond acceptors (Lipinski definition) is 6. The molecule has 0 spiro atoms. The van der Waals surface area contributed by atoms with Crippen LogP contribution in [0.2, 0.25) is 0 Å². The van der Waals surface area contributed by atoms with Crippen LogP contribution in [-0.2, 0) is 9.59 Å². The standard InChI is InChI=1S/C19H20N4O5/c1-3-14-19(25)22(18-15(28-14)9-10-16(21-18)23(26)27)11-17(24)20-12(2)13-7-5-4-6-8-13/h4-10,12,14H,3,11H2,1-2H3,(H,20,24). The van der Waals surface area contributed by atoms with Crippen molar-refractivity contribution in [2.24, 2.45) is 0 Å². The van der Waals surface area contributed by atoms with E-state index in [1.165, 1.54) is 12.1 Å². The van der Waals surface area contributed by atoms with Crippen molar-refractivity contribution >= 4 is 23.5 Å². The van der Waals surface area contributed by atoms with E-state index in [0.717, 1.165) is 10.5 Å². The third-order valence-electron chi connectivity index (χ3n) is 4.43. The molecule has 3 rings (SSSR count). The lowest BCUT2D eigenvalue weighted by atomic mass is 10.1. The van der Waals surface area contributed by atoms with Crippen LogP contribution < -0.4 is 15.0 Å². The Morgan fingerprint density at radius 2 is 2.04 bits per heavy atom. The predicted molar refractivity (Wildman–Crippen MR) is 101 cm³/mol. The minimum Gasteiger partial charge on any atom is -0.474 e. The molecule has 1 aromatic carbocycles. The maximum absolute atomic E-state index is 12.7. The molecule has 9 nitrogen and oxygen atoms in total. The Labute approximate surface area is 161 Å². The number of pyridine rings is 1. The molecule has 0 fully saturated rings. The fourth-order valence-electron chi connectivity index (χ4n) is 2.96. The van der Waals surface area contributed by atoms with Gasteiger partial charge in [-0.2, -0.15) is 0 Å². The number of aromatic nitrogens is 1. The van der Waals surface area contributed by atoms with Gasteiger partial charge >= 0.3 is 5.82 Å². The molecule has 2 unspecified atom stereocenters. The SMILES string of the molecule is CCC1Oc2ccc([N+](=O)[O-])nc2N(CC(=O)NC(C)c2ccccc2)C1=O. The van der Waals surface area contributed by atoms with Crippen molar-refractivity contribution in [2.75, 3.05) is 11.4 Å². The summed E-state index contributed by atoms with van der Waals surface area (Å²) in [5, 5.41) is 13.9. The number of anilines is 1. The van der Waals surface area contributed by atoms with E-state index in [1.54, 1.807) is 6.92 Å². The number of amides is 2. The molecule has 1 N–H and O–H groups in total. The fraction of sp³-hybridized carbons (Fsp3) is 0.316. The average molecular weight is 384 g/mol. The zero-order chi connectivity index (χ0) is 20.3. The van der Waals surface area contributed by atoms with Gasteiger partial charge in [0, 0.05) is 6.07 Å². The number of nitro groups is 1. The van der Waals surface area contributed by atoms with Crippen LogP contribution >= 0.6 is 0 Å². The van der Waals surface area contributed by atoms with Crippen molar-refractivity contribution in [3.63, 3.8) is 0 Å². The number of rotatable bonds is 6. The number of nitrogens with one attached hydrogen (secondary N) is 1. The van der Waals surface area contributed by atoms with Crippen LogP contribution in [-0.4, -0.2) is 34.4 Å². The molecule has 146 valence electrons. The van der Waals surface area contributed by atoms with Crippen LogP contribution in [0.5, 0.6) is 5.75 Å².